The van der Waals surface area contributed by atoms with E-state index in [0.29, 0.717) is 12.2 Å². The van der Waals surface area contributed by atoms with Crippen molar-refractivity contribution in [3.05, 3.63) is 63.0 Å². The van der Waals surface area contributed by atoms with E-state index in [1.807, 2.05) is 0 Å². The van der Waals surface area contributed by atoms with Crippen LogP contribution in [0.25, 0.3) is 5.57 Å². The zero-order valence-corrected chi connectivity index (χ0v) is 11.8. The predicted octanol–water partition coefficient (Wildman–Crippen LogP) is 2.25. The van der Waals surface area contributed by atoms with Gasteiger partial charge in [-0.05, 0) is 6.08 Å². The van der Waals surface area contributed by atoms with Gasteiger partial charge in [-0.2, -0.15) is 0 Å². The van der Waals surface area contributed by atoms with Crippen LogP contribution < -0.4 is 0 Å². The molecule has 0 radical (unpaired) electrons. The summed E-state index contributed by atoms with van der Waals surface area (Å²) in [5, 5.41) is 30.0. The normalized spacial score (nSPS) is 23.7. The molecule has 2 N–H and O–H groups in total. The van der Waals surface area contributed by atoms with Gasteiger partial charge in [-0.3, -0.25) is 10.1 Å². The fourth-order valence-corrected chi connectivity index (χ4v) is 2.43. The maximum absolute atomic E-state index is 14.0. The molecule has 0 aromatic heterocycles. The summed E-state index contributed by atoms with van der Waals surface area (Å²) in [5.41, 5.74) is -4.89. The molecule has 0 heterocycles. The Morgan fingerprint density at radius 2 is 1.79 bits per heavy atom. The molecule has 0 amide bonds. The third kappa shape index (κ3) is 2.67. The van der Waals surface area contributed by atoms with Gasteiger partial charge in [0, 0.05) is 29.1 Å². The largest absolute Gasteiger partial charge is 0.396 e. The number of hydrogen-bond acceptors (Lipinski definition) is 4. The smallest absolute Gasteiger partial charge is 0.272 e. The molecular weight excluding hydrogens is 341 g/mol. The standard InChI is InChI=1S/C14H10F5NO4/c15-7-4-10(22)14(1-2-21,20(23)24)5-6(7)11-8(16)3-9(17)12(18)13(11)19/h3-5,10,21-22H,1-2H2. The topological polar surface area (TPSA) is 83.6 Å². The molecule has 130 valence electrons. The Morgan fingerprint density at radius 1 is 1.17 bits per heavy atom. The zero-order chi connectivity index (χ0) is 18.2. The molecule has 1 aromatic carbocycles. The van der Waals surface area contributed by atoms with E-state index < -0.39 is 69.8 Å². The van der Waals surface area contributed by atoms with Gasteiger partial charge in [0.15, 0.2) is 17.5 Å². The van der Waals surface area contributed by atoms with Gasteiger partial charge in [-0.15, -0.1) is 0 Å². The van der Waals surface area contributed by atoms with Crippen LogP contribution in [0.4, 0.5) is 22.0 Å². The fourth-order valence-electron chi connectivity index (χ4n) is 2.43. The van der Waals surface area contributed by atoms with E-state index in [-0.39, 0.29) is 6.07 Å². The van der Waals surface area contributed by atoms with Crippen molar-refractivity contribution < 1.29 is 37.1 Å². The number of hydrogen-bond donors (Lipinski definition) is 2. The minimum Gasteiger partial charge on any atom is -0.396 e. The molecular formula is C14H10F5NO4. The second-order valence-corrected chi connectivity index (χ2v) is 5.08. The Morgan fingerprint density at radius 3 is 2.33 bits per heavy atom. The van der Waals surface area contributed by atoms with Gasteiger partial charge in [0.2, 0.25) is 0 Å². The molecule has 24 heavy (non-hydrogen) atoms. The second kappa shape index (κ2) is 6.29. The first-order valence-corrected chi connectivity index (χ1v) is 6.53. The lowest BCUT2D eigenvalue weighted by Gasteiger charge is -2.29. The monoisotopic (exact) mass is 351 g/mol. The van der Waals surface area contributed by atoms with Gasteiger partial charge in [0.05, 0.1) is 12.2 Å². The molecule has 2 atom stereocenters. The number of aliphatic hydroxyl groups is 2. The average Bonchev–Trinajstić information content (AvgIpc) is 2.49. The molecule has 0 saturated heterocycles. The van der Waals surface area contributed by atoms with Crippen molar-refractivity contribution >= 4 is 5.57 Å². The molecule has 1 aliphatic carbocycles. The Labute approximate surface area is 131 Å². The maximum Gasteiger partial charge on any atom is 0.272 e. The highest BCUT2D eigenvalue weighted by molar-refractivity contribution is 5.80. The van der Waals surface area contributed by atoms with Crippen molar-refractivity contribution in [3.8, 4) is 0 Å². The summed E-state index contributed by atoms with van der Waals surface area (Å²) in [5.74, 6) is -9.15. The van der Waals surface area contributed by atoms with Crippen LogP contribution in [0.15, 0.2) is 24.0 Å². The average molecular weight is 351 g/mol. The summed E-state index contributed by atoms with van der Waals surface area (Å²) in [6.45, 7) is -0.806. The SMILES string of the molecule is O=[N+]([O-])C1(CCO)C=C(c2c(F)cc(F)c(F)c2F)C(F)=CC1O. The van der Waals surface area contributed by atoms with Gasteiger partial charge in [0.1, 0.15) is 17.7 Å². The molecule has 1 aromatic rings. The fraction of sp³-hybridized carbons (Fsp3) is 0.286. The minimum absolute atomic E-state index is 0.0349. The number of allylic oxidation sites excluding steroid dienone is 2. The summed E-state index contributed by atoms with van der Waals surface area (Å²) in [6.07, 6.45) is -2.04. The quantitative estimate of drug-likeness (QED) is 0.287. The van der Waals surface area contributed by atoms with Crippen molar-refractivity contribution in [2.75, 3.05) is 6.61 Å². The Hall–Kier alpha value is -2.33. The number of rotatable bonds is 4. The van der Waals surface area contributed by atoms with E-state index in [1.165, 1.54) is 0 Å². The molecule has 0 saturated carbocycles. The van der Waals surface area contributed by atoms with Crippen molar-refractivity contribution in [2.45, 2.75) is 18.1 Å². The number of nitro groups is 1. The summed E-state index contributed by atoms with van der Waals surface area (Å²) in [7, 11) is 0. The highest BCUT2D eigenvalue weighted by Gasteiger charge is 2.50. The third-order valence-electron chi connectivity index (χ3n) is 3.70. The molecule has 0 fully saturated rings. The lowest BCUT2D eigenvalue weighted by atomic mass is 9.81. The Balaban J connectivity index is 2.75. The summed E-state index contributed by atoms with van der Waals surface area (Å²) >= 11 is 0. The molecule has 0 bridgehead atoms. The summed E-state index contributed by atoms with van der Waals surface area (Å²) in [6, 6.07) is -0.0349. The predicted molar refractivity (Wildman–Crippen MR) is 70.9 cm³/mol. The molecule has 2 rings (SSSR count). The van der Waals surface area contributed by atoms with Crippen LogP contribution in [-0.4, -0.2) is 33.4 Å². The maximum atomic E-state index is 14.0. The first-order valence-electron chi connectivity index (χ1n) is 6.53. The summed E-state index contributed by atoms with van der Waals surface area (Å²) in [4.78, 5) is 10.2. The zero-order valence-electron chi connectivity index (χ0n) is 11.8. The van der Waals surface area contributed by atoms with Crippen LogP contribution in [0.2, 0.25) is 0 Å². The van der Waals surface area contributed by atoms with Gasteiger partial charge in [0.25, 0.3) is 5.54 Å². The lowest BCUT2D eigenvalue weighted by Crippen LogP contribution is -2.49. The van der Waals surface area contributed by atoms with Gasteiger partial charge in [-0.25, -0.2) is 22.0 Å². The molecule has 0 aliphatic heterocycles. The van der Waals surface area contributed by atoms with Crippen LogP contribution in [0.1, 0.15) is 12.0 Å². The summed E-state index contributed by atoms with van der Waals surface area (Å²) < 4.78 is 68.0. The van der Waals surface area contributed by atoms with Crippen LogP contribution in [-0.2, 0) is 0 Å². The first-order chi connectivity index (χ1) is 11.2. The highest BCUT2D eigenvalue weighted by atomic mass is 19.2. The van der Waals surface area contributed by atoms with E-state index in [2.05, 4.69) is 0 Å². The first kappa shape index (κ1) is 18.0. The van der Waals surface area contributed by atoms with Crippen molar-refractivity contribution in [2.24, 2.45) is 0 Å². The van der Waals surface area contributed by atoms with Gasteiger partial charge < -0.3 is 10.2 Å². The van der Waals surface area contributed by atoms with E-state index in [4.69, 9.17) is 5.11 Å². The number of benzene rings is 1. The van der Waals surface area contributed by atoms with E-state index in [0.717, 1.165) is 0 Å². The van der Waals surface area contributed by atoms with Crippen LogP contribution in [0.3, 0.4) is 0 Å². The van der Waals surface area contributed by atoms with Crippen molar-refractivity contribution in [1.29, 1.82) is 0 Å². The molecule has 2 unspecified atom stereocenters. The second-order valence-electron chi connectivity index (χ2n) is 5.08. The molecule has 1 aliphatic rings. The number of halogens is 5. The highest BCUT2D eigenvalue weighted by Crippen LogP contribution is 2.39. The van der Waals surface area contributed by atoms with Crippen molar-refractivity contribution in [1.82, 2.24) is 0 Å². The third-order valence-corrected chi connectivity index (χ3v) is 3.70. The lowest BCUT2D eigenvalue weighted by molar-refractivity contribution is -0.566. The van der Waals surface area contributed by atoms with Crippen LogP contribution >= 0.6 is 0 Å². The van der Waals surface area contributed by atoms with Gasteiger partial charge in [-0.1, -0.05) is 0 Å². The van der Waals surface area contributed by atoms with Gasteiger partial charge >= 0.3 is 0 Å². The van der Waals surface area contributed by atoms with E-state index in [1.54, 1.807) is 0 Å². The molecule has 0 spiro atoms. The molecule has 5 nitrogen and oxygen atoms in total. The van der Waals surface area contributed by atoms with E-state index in [9.17, 15) is 37.2 Å². The Kier molecular flexibility index (Phi) is 4.72. The molecule has 10 heteroatoms. The number of aliphatic hydroxyl groups excluding tert-OH is 2. The van der Waals surface area contributed by atoms with E-state index >= 15 is 0 Å². The van der Waals surface area contributed by atoms with Crippen molar-refractivity contribution in [3.63, 3.8) is 0 Å². The van der Waals surface area contributed by atoms with Crippen LogP contribution in [0, 0.1) is 33.4 Å². The Bertz CT molecular complexity index is 764. The number of nitrogens with zero attached hydrogens (tertiary/aromatic N) is 1. The van der Waals surface area contributed by atoms with Crippen LogP contribution in [0.5, 0.6) is 0 Å². The minimum atomic E-state index is -2.48.